The minimum Gasteiger partial charge on any atom is -0.244 e. The van der Waals surface area contributed by atoms with Crippen LogP contribution in [0.2, 0.25) is 0 Å². The van der Waals surface area contributed by atoms with Crippen LogP contribution < -0.4 is 0 Å². The molecular formula is C7H4F12. The van der Waals surface area contributed by atoms with E-state index in [4.69, 9.17) is 0 Å². The average molecular weight is 316 g/mol. The van der Waals surface area contributed by atoms with Gasteiger partial charge < -0.3 is 0 Å². The van der Waals surface area contributed by atoms with E-state index in [-0.39, 0.29) is 0 Å². The summed E-state index contributed by atoms with van der Waals surface area (Å²) in [5.74, 6) is -34.4. The molecule has 0 atom stereocenters. The van der Waals surface area contributed by atoms with Gasteiger partial charge in [-0.15, -0.1) is 0 Å². The Balaban J connectivity index is 5.86. The maximum Gasteiger partial charge on any atom is 0.384 e. The average Bonchev–Trinajstić information content (AvgIpc) is 2.27. The minimum absolute atomic E-state index is 3.51. The summed E-state index contributed by atoms with van der Waals surface area (Å²) < 4.78 is 147. The summed E-state index contributed by atoms with van der Waals surface area (Å²) >= 11 is 0. The minimum atomic E-state index is -7.38. The Hall–Kier alpha value is -0.840. The van der Waals surface area contributed by atoms with E-state index >= 15 is 0 Å². The molecule has 19 heavy (non-hydrogen) atoms. The topological polar surface area (TPSA) is 0 Å². The zero-order chi connectivity index (χ0) is 15.9. The van der Waals surface area contributed by atoms with Gasteiger partial charge in [0, 0.05) is 0 Å². The molecule has 0 amide bonds. The molecule has 0 aromatic carbocycles. The van der Waals surface area contributed by atoms with Gasteiger partial charge >= 0.3 is 29.6 Å². The van der Waals surface area contributed by atoms with Crippen LogP contribution in [0.15, 0.2) is 0 Å². The first-order valence-corrected chi connectivity index (χ1v) is 4.13. The summed E-state index contributed by atoms with van der Waals surface area (Å²) in [5.41, 5.74) is 0. The highest BCUT2D eigenvalue weighted by Gasteiger charge is 2.86. The Bertz CT molecular complexity index is 288. The molecule has 0 nitrogen and oxygen atoms in total. The Labute approximate surface area is 96.9 Å². The fourth-order valence-electron chi connectivity index (χ4n) is 0.824. The fourth-order valence-corrected chi connectivity index (χ4v) is 0.824. The highest BCUT2D eigenvalue weighted by atomic mass is 19.4. The zero-order valence-electron chi connectivity index (χ0n) is 8.45. The van der Waals surface area contributed by atoms with Crippen LogP contribution in [0.5, 0.6) is 0 Å². The Kier molecular flexibility index (Phi) is 4.41. The van der Waals surface area contributed by atoms with Crippen molar-refractivity contribution >= 4 is 0 Å². The van der Waals surface area contributed by atoms with E-state index in [1.54, 1.807) is 0 Å². The zero-order valence-corrected chi connectivity index (χ0v) is 8.45. The quantitative estimate of drug-likeness (QED) is 0.647. The van der Waals surface area contributed by atoms with Gasteiger partial charge in [-0.05, 0) is 0 Å². The van der Waals surface area contributed by atoms with E-state index in [0.29, 0.717) is 0 Å². The van der Waals surface area contributed by atoms with Gasteiger partial charge in [-0.25, -0.2) is 8.78 Å². The largest absolute Gasteiger partial charge is 0.384 e. The first kappa shape index (κ1) is 18.2. The van der Waals surface area contributed by atoms with Gasteiger partial charge in [-0.1, -0.05) is 0 Å². The number of rotatable bonds is 6. The van der Waals surface area contributed by atoms with Crippen LogP contribution in [-0.2, 0) is 0 Å². The van der Waals surface area contributed by atoms with Crippen molar-refractivity contribution in [2.75, 3.05) is 13.3 Å². The molecule has 0 spiro atoms. The van der Waals surface area contributed by atoms with Crippen LogP contribution in [0.1, 0.15) is 0 Å². The molecule has 0 unspecified atom stereocenters. The Morgan fingerprint density at radius 3 is 0.789 bits per heavy atom. The lowest BCUT2D eigenvalue weighted by Crippen LogP contribution is -2.68. The first-order valence-electron chi connectivity index (χ1n) is 4.13. The van der Waals surface area contributed by atoms with E-state index in [0.717, 1.165) is 0 Å². The second kappa shape index (κ2) is 4.62. The molecule has 0 aliphatic heterocycles. The number of hydrogen-bond donors (Lipinski definition) is 0. The molecule has 0 aliphatic carbocycles. The third kappa shape index (κ3) is 2.33. The van der Waals surface area contributed by atoms with Gasteiger partial charge in [-0.2, -0.15) is 43.9 Å². The molecule has 0 rings (SSSR count). The van der Waals surface area contributed by atoms with Crippen molar-refractivity contribution in [1.82, 2.24) is 0 Å². The van der Waals surface area contributed by atoms with Crippen molar-refractivity contribution in [3.63, 3.8) is 0 Å². The maximum absolute atomic E-state index is 12.6. The van der Waals surface area contributed by atoms with Crippen LogP contribution in [0.25, 0.3) is 0 Å². The summed E-state index contributed by atoms with van der Waals surface area (Å²) in [6, 6.07) is 0. The van der Waals surface area contributed by atoms with E-state index in [1.807, 2.05) is 0 Å². The van der Waals surface area contributed by atoms with E-state index in [1.165, 1.54) is 0 Å². The standard InChI is InChI=1S/C7H4F12/c8-1-3(10,11)5(14,15)7(18,19)6(16,17)4(12,13)2-9/h1-2H2. The van der Waals surface area contributed by atoms with Crippen LogP contribution in [0.4, 0.5) is 52.7 Å². The lowest BCUT2D eigenvalue weighted by Gasteiger charge is -2.38. The second-order valence-electron chi connectivity index (χ2n) is 3.40. The van der Waals surface area contributed by atoms with Gasteiger partial charge in [0.1, 0.15) is 0 Å². The third-order valence-corrected chi connectivity index (χ3v) is 2.04. The number of halogens is 12. The molecule has 0 aromatic rings. The normalized spacial score (nSPS) is 15.8. The first-order chi connectivity index (χ1) is 8.12. The van der Waals surface area contributed by atoms with Gasteiger partial charge in [0.2, 0.25) is 0 Å². The highest BCUT2D eigenvalue weighted by Crippen LogP contribution is 2.56. The van der Waals surface area contributed by atoms with Crippen molar-refractivity contribution < 1.29 is 52.7 Å². The van der Waals surface area contributed by atoms with Gasteiger partial charge in [0.25, 0.3) is 0 Å². The van der Waals surface area contributed by atoms with Gasteiger partial charge in [0.15, 0.2) is 13.3 Å². The lowest BCUT2D eigenvalue weighted by molar-refractivity contribution is -0.403. The molecule has 0 saturated carbocycles. The molecule has 116 valence electrons. The van der Waals surface area contributed by atoms with Gasteiger partial charge in [-0.3, -0.25) is 0 Å². The predicted octanol–water partition coefficient (Wildman–Crippen LogP) is 4.10. The lowest BCUT2D eigenvalue weighted by atomic mass is 9.95. The molecule has 0 aliphatic rings. The van der Waals surface area contributed by atoms with Gasteiger partial charge in [0.05, 0.1) is 0 Å². The molecule has 0 radical (unpaired) electrons. The molecule has 0 bridgehead atoms. The monoisotopic (exact) mass is 316 g/mol. The molecule has 0 heterocycles. The van der Waals surface area contributed by atoms with Crippen LogP contribution in [0, 0.1) is 0 Å². The van der Waals surface area contributed by atoms with Crippen molar-refractivity contribution in [3.05, 3.63) is 0 Å². The summed E-state index contributed by atoms with van der Waals surface area (Å²) in [4.78, 5) is 0. The summed E-state index contributed by atoms with van der Waals surface area (Å²) in [6.45, 7) is -7.01. The molecule has 12 heteroatoms. The molecule has 0 saturated heterocycles. The summed E-state index contributed by atoms with van der Waals surface area (Å²) in [5, 5.41) is 0. The third-order valence-electron chi connectivity index (χ3n) is 2.04. The summed E-state index contributed by atoms with van der Waals surface area (Å²) in [7, 11) is 0. The maximum atomic E-state index is 12.6. The van der Waals surface area contributed by atoms with E-state index in [2.05, 4.69) is 0 Å². The number of alkyl halides is 12. The fraction of sp³-hybridized carbons (Fsp3) is 1.00. The smallest absolute Gasteiger partial charge is 0.244 e. The van der Waals surface area contributed by atoms with Crippen LogP contribution in [0.3, 0.4) is 0 Å². The van der Waals surface area contributed by atoms with E-state index < -0.39 is 43.0 Å². The summed E-state index contributed by atoms with van der Waals surface area (Å²) in [6.07, 6.45) is 0. The molecular weight excluding hydrogens is 312 g/mol. The Morgan fingerprint density at radius 2 is 0.632 bits per heavy atom. The molecule has 0 aromatic heterocycles. The Morgan fingerprint density at radius 1 is 0.421 bits per heavy atom. The van der Waals surface area contributed by atoms with Crippen LogP contribution >= 0.6 is 0 Å². The van der Waals surface area contributed by atoms with Crippen molar-refractivity contribution in [2.45, 2.75) is 29.6 Å². The SMILES string of the molecule is FCC(F)(F)C(F)(F)C(F)(F)C(F)(F)C(F)(F)CF. The molecule has 0 N–H and O–H groups in total. The van der Waals surface area contributed by atoms with Crippen LogP contribution in [-0.4, -0.2) is 43.0 Å². The van der Waals surface area contributed by atoms with E-state index in [9.17, 15) is 52.7 Å². The number of hydrogen-bond acceptors (Lipinski definition) is 0. The second-order valence-corrected chi connectivity index (χ2v) is 3.40. The van der Waals surface area contributed by atoms with Crippen molar-refractivity contribution in [1.29, 1.82) is 0 Å². The highest BCUT2D eigenvalue weighted by molar-refractivity contribution is 5.08. The van der Waals surface area contributed by atoms with Crippen molar-refractivity contribution in [3.8, 4) is 0 Å². The predicted molar refractivity (Wildman–Crippen MR) is 36.7 cm³/mol. The molecule has 0 fully saturated rings. The van der Waals surface area contributed by atoms with Crippen molar-refractivity contribution in [2.24, 2.45) is 0 Å².